The molecular weight excluding hydrogens is 200 g/mol. The molecule has 4 heteroatoms. The van der Waals surface area contributed by atoms with E-state index in [9.17, 15) is 0 Å². The van der Waals surface area contributed by atoms with Crippen LogP contribution in [0.25, 0.3) is 0 Å². The highest BCUT2D eigenvalue weighted by molar-refractivity contribution is 7.78. The van der Waals surface area contributed by atoms with Crippen LogP contribution in [0.4, 0.5) is 0 Å². The number of nitrogens with zero attached hydrogens (tertiary/aromatic N) is 2. The second-order valence-corrected chi connectivity index (χ2v) is 3.92. The fraction of sp³-hybridized carbons (Fsp3) is 0.778. The van der Waals surface area contributed by atoms with Crippen LogP contribution in [0.1, 0.15) is 33.6 Å². The van der Waals surface area contributed by atoms with Gasteiger partial charge in [-0.05, 0) is 30.9 Å². The number of hydrogen-bond donors (Lipinski definition) is 0. The van der Waals surface area contributed by atoms with Gasteiger partial charge in [0.2, 0.25) is 0 Å². The van der Waals surface area contributed by atoms with Crippen molar-refractivity contribution in [2.45, 2.75) is 39.8 Å². The molecule has 0 aliphatic rings. The summed E-state index contributed by atoms with van der Waals surface area (Å²) < 4.78 is 0. The van der Waals surface area contributed by atoms with Crippen molar-refractivity contribution < 1.29 is 0 Å². The topological polar surface area (TPSA) is 24.7 Å². The summed E-state index contributed by atoms with van der Waals surface area (Å²) in [5, 5.41) is 4.69. The molecule has 0 aromatic rings. The summed E-state index contributed by atoms with van der Waals surface area (Å²) in [5.74, 6) is 0. The van der Waals surface area contributed by atoms with E-state index in [1.54, 1.807) is 0 Å². The van der Waals surface area contributed by atoms with E-state index in [0.29, 0.717) is 0 Å². The van der Waals surface area contributed by atoms with Crippen molar-refractivity contribution in [1.29, 1.82) is 0 Å². The van der Waals surface area contributed by atoms with Crippen LogP contribution in [0, 0.1) is 5.41 Å². The summed E-state index contributed by atoms with van der Waals surface area (Å²) in [6.07, 6.45) is 1.88. The van der Waals surface area contributed by atoms with E-state index in [2.05, 4.69) is 65.5 Å². The third-order valence-corrected chi connectivity index (χ3v) is 2.15. The minimum absolute atomic E-state index is 0.0215. The number of hydrogen-bond acceptors (Lipinski definition) is 4. The predicted molar refractivity (Wildman–Crippen MR) is 62.5 cm³/mol. The number of rotatable bonds is 5. The highest BCUT2D eigenvalue weighted by atomic mass is 32.1. The van der Waals surface area contributed by atoms with Gasteiger partial charge in [-0.25, -0.2) is 9.98 Å². The highest BCUT2D eigenvalue weighted by Crippen LogP contribution is 2.29. The third kappa shape index (κ3) is 4.39. The SMILES string of the molecule is CCCC(C)(C)C(N=C=S)N=C=S. The van der Waals surface area contributed by atoms with Crippen LogP contribution < -0.4 is 0 Å². The molecule has 0 heterocycles. The number of isothiocyanates is 2. The molecule has 0 unspecified atom stereocenters. The second-order valence-electron chi connectivity index (χ2n) is 3.55. The summed E-state index contributed by atoms with van der Waals surface area (Å²) >= 11 is 9.11. The van der Waals surface area contributed by atoms with Crippen molar-refractivity contribution in [1.82, 2.24) is 0 Å². The van der Waals surface area contributed by atoms with Gasteiger partial charge >= 0.3 is 0 Å². The molecule has 0 N–H and O–H groups in total. The lowest BCUT2D eigenvalue weighted by atomic mass is 9.85. The van der Waals surface area contributed by atoms with Gasteiger partial charge in [0.1, 0.15) is 0 Å². The van der Waals surface area contributed by atoms with E-state index in [0.717, 1.165) is 12.8 Å². The molecule has 0 radical (unpaired) electrons. The first kappa shape index (κ1) is 12.6. The standard InChI is InChI=1S/C9H14N2S2/c1-4-5-9(2,3)8(10-6-12)11-7-13/h8H,4-5H2,1-3H3. The molecule has 0 saturated carbocycles. The molecule has 2 nitrogen and oxygen atoms in total. The zero-order chi connectivity index (χ0) is 10.3. The van der Waals surface area contributed by atoms with Gasteiger partial charge in [0, 0.05) is 5.41 Å². The van der Waals surface area contributed by atoms with Crippen LogP contribution >= 0.6 is 24.4 Å². The van der Waals surface area contributed by atoms with Crippen molar-refractivity contribution in [3.8, 4) is 0 Å². The second kappa shape index (κ2) is 6.11. The van der Waals surface area contributed by atoms with E-state index in [1.807, 2.05) is 0 Å². The Morgan fingerprint density at radius 3 is 2.00 bits per heavy atom. The lowest BCUT2D eigenvalue weighted by Gasteiger charge is -2.26. The monoisotopic (exact) mass is 214 g/mol. The molecule has 0 spiro atoms. The summed E-state index contributed by atoms with van der Waals surface area (Å²) in [6.45, 7) is 6.31. The average molecular weight is 214 g/mol. The summed E-state index contributed by atoms with van der Waals surface area (Å²) in [6, 6.07) is 0. The minimum atomic E-state index is -0.234. The van der Waals surface area contributed by atoms with Gasteiger partial charge in [-0.15, -0.1) is 0 Å². The Morgan fingerprint density at radius 1 is 1.23 bits per heavy atom. The van der Waals surface area contributed by atoms with Gasteiger partial charge in [0.25, 0.3) is 0 Å². The lowest BCUT2D eigenvalue weighted by Crippen LogP contribution is -2.25. The van der Waals surface area contributed by atoms with Gasteiger partial charge in [-0.3, -0.25) is 0 Å². The van der Waals surface area contributed by atoms with E-state index in [-0.39, 0.29) is 11.6 Å². The Hall–Kier alpha value is -0.400. The maximum atomic E-state index is 4.56. The van der Waals surface area contributed by atoms with Crippen molar-refractivity contribution >= 4 is 34.8 Å². The van der Waals surface area contributed by atoms with Crippen LogP contribution in [-0.2, 0) is 0 Å². The summed E-state index contributed by atoms with van der Waals surface area (Å²) in [5.41, 5.74) is -0.0215. The molecule has 0 saturated heterocycles. The zero-order valence-corrected chi connectivity index (χ0v) is 9.84. The first-order chi connectivity index (χ1) is 6.08. The van der Waals surface area contributed by atoms with Crippen LogP contribution in [0.15, 0.2) is 9.98 Å². The normalized spacial score (nSPS) is 12.5. The Bertz CT molecular complexity index is 230. The number of thiocarbonyl (C=S) groups is 2. The predicted octanol–water partition coefficient (Wildman–Crippen LogP) is 3.34. The van der Waals surface area contributed by atoms with Crippen molar-refractivity contribution in [2.75, 3.05) is 0 Å². The Morgan fingerprint density at radius 2 is 1.69 bits per heavy atom. The Kier molecular flexibility index (Phi) is 5.93. The smallest absolute Gasteiger partial charge is 0.165 e. The largest absolute Gasteiger partial charge is 0.204 e. The minimum Gasteiger partial charge on any atom is -0.204 e. The van der Waals surface area contributed by atoms with Crippen molar-refractivity contribution in [3.05, 3.63) is 0 Å². The summed E-state index contributed by atoms with van der Waals surface area (Å²) in [4.78, 5) is 7.95. The van der Waals surface area contributed by atoms with Gasteiger partial charge < -0.3 is 0 Å². The van der Waals surface area contributed by atoms with Gasteiger partial charge in [-0.2, -0.15) is 0 Å². The maximum absolute atomic E-state index is 4.56. The molecule has 0 aromatic heterocycles. The first-order valence-electron chi connectivity index (χ1n) is 4.22. The maximum Gasteiger partial charge on any atom is 0.165 e. The van der Waals surface area contributed by atoms with Crippen LogP contribution in [0.5, 0.6) is 0 Å². The fourth-order valence-corrected chi connectivity index (χ4v) is 1.45. The third-order valence-electron chi connectivity index (χ3n) is 1.94. The molecule has 0 amide bonds. The molecule has 0 bridgehead atoms. The summed E-state index contributed by atoms with van der Waals surface area (Å²) in [7, 11) is 0. The fourth-order valence-electron chi connectivity index (χ4n) is 1.25. The lowest BCUT2D eigenvalue weighted by molar-refractivity contribution is 0.270. The molecule has 72 valence electrons. The van der Waals surface area contributed by atoms with E-state index >= 15 is 0 Å². The highest BCUT2D eigenvalue weighted by Gasteiger charge is 2.27. The van der Waals surface area contributed by atoms with Crippen molar-refractivity contribution in [2.24, 2.45) is 15.4 Å². The molecule has 0 rings (SSSR count). The molecule has 0 aromatic carbocycles. The zero-order valence-electron chi connectivity index (χ0n) is 8.20. The molecule has 0 atom stereocenters. The average Bonchev–Trinajstić information content (AvgIpc) is 2.04. The quantitative estimate of drug-likeness (QED) is 0.518. The van der Waals surface area contributed by atoms with Crippen LogP contribution in [0.3, 0.4) is 0 Å². The molecular formula is C9H14N2S2. The number of aliphatic imine (C=N–C) groups is 2. The first-order valence-corrected chi connectivity index (χ1v) is 5.04. The molecule has 13 heavy (non-hydrogen) atoms. The van der Waals surface area contributed by atoms with Crippen molar-refractivity contribution in [3.63, 3.8) is 0 Å². The Balaban J connectivity index is 4.69. The van der Waals surface area contributed by atoms with Crippen LogP contribution in [-0.4, -0.2) is 16.5 Å². The van der Waals surface area contributed by atoms with E-state index in [4.69, 9.17) is 0 Å². The van der Waals surface area contributed by atoms with E-state index < -0.39 is 0 Å². The molecule has 0 aliphatic heterocycles. The molecule has 0 aliphatic carbocycles. The Labute approximate surface area is 90.2 Å². The van der Waals surface area contributed by atoms with Gasteiger partial charge in [0.05, 0.1) is 10.3 Å². The van der Waals surface area contributed by atoms with Crippen LogP contribution in [0.2, 0.25) is 0 Å². The molecule has 0 fully saturated rings. The van der Waals surface area contributed by atoms with Gasteiger partial charge in [-0.1, -0.05) is 27.2 Å². The van der Waals surface area contributed by atoms with Gasteiger partial charge in [0.15, 0.2) is 6.17 Å². The van der Waals surface area contributed by atoms with E-state index in [1.165, 1.54) is 0 Å².